The lowest BCUT2D eigenvalue weighted by Crippen LogP contribution is -2.15. The summed E-state index contributed by atoms with van der Waals surface area (Å²) in [5, 5.41) is 8.75. The average Bonchev–Trinajstić information content (AvgIpc) is 1.99. The molecule has 0 heterocycles. The molecule has 1 N–H and O–H groups in total. The maximum atomic E-state index is 10.5. The standard InChI is InChI=1S/C9H18O2/c1-7(2)9(6-11)4-8(3)5-10/h6-10H,4-5H2,1-3H3. The molecule has 0 bridgehead atoms. The molecule has 0 aliphatic heterocycles. The van der Waals surface area contributed by atoms with E-state index >= 15 is 0 Å². The predicted molar refractivity (Wildman–Crippen MR) is 45.3 cm³/mol. The molecule has 66 valence electrons. The fourth-order valence-corrected chi connectivity index (χ4v) is 1.02. The van der Waals surface area contributed by atoms with Gasteiger partial charge in [0, 0.05) is 12.5 Å². The Balaban J connectivity index is 3.77. The SMILES string of the molecule is CC(CO)CC(C=O)C(C)C. The highest BCUT2D eigenvalue weighted by Crippen LogP contribution is 2.17. The summed E-state index contributed by atoms with van der Waals surface area (Å²) >= 11 is 0. The first-order valence-electron chi connectivity index (χ1n) is 4.18. The van der Waals surface area contributed by atoms with Crippen molar-refractivity contribution in [1.29, 1.82) is 0 Å². The highest BCUT2D eigenvalue weighted by atomic mass is 16.3. The fourth-order valence-electron chi connectivity index (χ4n) is 1.02. The molecule has 0 aliphatic rings. The van der Waals surface area contributed by atoms with Crippen molar-refractivity contribution in [2.24, 2.45) is 17.8 Å². The second kappa shape index (κ2) is 5.30. The lowest BCUT2D eigenvalue weighted by Gasteiger charge is -2.17. The quantitative estimate of drug-likeness (QED) is 0.615. The number of hydrogen-bond donors (Lipinski definition) is 1. The van der Waals surface area contributed by atoms with Gasteiger partial charge in [-0.15, -0.1) is 0 Å². The Morgan fingerprint density at radius 2 is 1.91 bits per heavy atom. The molecule has 0 rings (SSSR count). The van der Waals surface area contributed by atoms with Crippen LogP contribution in [0.15, 0.2) is 0 Å². The van der Waals surface area contributed by atoms with Crippen LogP contribution in [0.2, 0.25) is 0 Å². The van der Waals surface area contributed by atoms with E-state index in [4.69, 9.17) is 5.11 Å². The Labute approximate surface area is 68.6 Å². The van der Waals surface area contributed by atoms with Crippen molar-refractivity contribution < 1.29 is 9.90 Å². The molecule has 2 unspecified atom stereocenters. The van der Waals surface area contributed by atoms with E-state index in [2.05, 4.69) is 0 Å². The fraction of sp³-hybridized carbons (Fsp3) is 0.889. The maximum absolute atomic E-state index is 10.5. The van der Waals surface area contributed by atoms with Crippen molar-refractivity contribution in [3.8, 4) is 0 Å². The molecule has 0 saturated carbocycles. The van der Waals surface area contributed by atoms with E-state index in [1.807, 2.05) is 20.8 Å². The van der Waals surface area contributed by atoms with Crippen LogP contribution in [0.4, 0.5) is 0 Å². The second-order valence-electron chi connectivity index (χ2n) is 3.57. The first-order valence-corrected chi connectivity index (χ1v) is 4.18. The molecular formula is C9H18O2. The summed E-state index contributed by atoms with van der Waals surface area (Å²) in [4.78, 5) is 10.5. The highest BCUT2D eigenvalue weighted by Gasteiger charge is 2.14. The number of aliphatic hydroxyl groups is 1. The molecule has 2 nitrogen and oxygen atoms in total. The molecule has 11 heavy (non-hydrogen) atoms. The van der Waals surface area contributed by atoms with Crippen LogP contribution in [0.1, 0.15) is 27.2 Å². The molecule has 2 atom stereocenters. The van der Waals surface area contributed by atoms with Crippen LogP contribution in [0.25, 0.3) is 0 Å². The molecule has 0 aliphatic carbocycles. The van der Waals surface area contributed by atoms with E-state index in [-0.39, 0.29) is 18.4 Å². The first kappa shape index (κ1) is 10.6. The van der Waals surface area contributed by atoms with Gasteiger partial charge in [-0.1, -0.05) is 20.8 Å². The van der Waals surface area contributed by atoms with Crippen LogP contribution >= 0.6 is 0 Å². The van der Waals surface area contributed by atoms with Crippen molar-refractivity contribution in [2.75, 3.05) is 6.61 Å². The number of carbonyl (C=O) groups excluding carboxylic acids is 1. The molecule has 0 radical (unpaired) electrons. The molecule has 2 heteroatoms. The summed E-state index contributed by atoms with van der Waals surface area (Å²) in [6, 6.07) is 0. The Morgan fingerprint density at radius 3 is 2.18 bits per heavy atom. The summed E-state index contributed by atoms with van der Waals surface area (Å²) in [5.74, 6) is 0.742. The average molecular weight is 158 g/mol. The van der Waals surface area contributed by atoms with E-state index < -0.39 is 0 Å². The van der Waals surface area contributed by atoms with Crippen LogP contribution < -0.4 is 0 Å². The van der Waals surface area contributed by atoms with Crippen LogP contribution in [0.3, 0.4) is 0 Å². The Morgan fingerprint density at radius 1 is 1.36 bits per heavy atom. The van der Waals surface area contributed by atoms with Gasteiger partial charge in [-0.05, 0) is 18.3 Å². The van der Waals surface area contributed by atoms with Crippen molar-refractivity contribution in [3.05, 3.63) is 0 Å². The lowest BCUT2D eigenvalue weighted by molar-refractivity contribution is -0.112. The van der Waals surface area contributed by atoms with E-state index in [1.165, 1.54) is 0 Å². The zero-order valence-electron chi connectivity index (χ0n) is 7.58. The lowest BCUT2D eigenvalue weighted by atomic mass is 9.88. The molecule has 0 aromatic heterocycles. The smallest absolute Gasteiger partial charge is 0.123 e. The summed E-state index contributed by atoms with van der Waals surface area (Å²) in [5.41, 5.74) is 0. The predicted octanol–water partition coefficient (Wildman–Crippen LogP) is 1.48. The van der Waals surface area contributed by atoms with Crippen LogP contribution in [0.5, 0.6) is 0 Å². The van der Waals surface area contributed by atoms with Gasteiger partial charge in [0.15, 0.2) is 0 Å². The van der Waals surface area contributed by atoms with Crippen molar-refractivity contribution in [1.82, 2.24) is 0 Å². The minimum absolute atomic E-state index is 0.108. The zero-order chi connectivity index (χ0) is 8.85. The normalized spacial score (nSPS) is 16.5. The Kier molecular flexibility index (Phi) is 5.12. The largest absolute Gasteiger partial charge is 0.396 e. The van der Waals surface area contributed by atoms with Gasteiger partial charge >= 0.3 is 0 Å². The van der Waals surface area contributed by atoms with Gasteiger partial charge < -0.3 is 9.90 Å². The van der Waals surface area contributed by atoms with E-state index in [0.717, 1.165) is 12.7 Å². The molecule has 0 aromatic carbocycles. The summed E-state index contributed by atoms with van der Waals surface area (Å²) in [7, 11) is 0. The number of rotatable bonds is 5. The number of carbonyl (C=O) groups is 1. The van der Waals surface area contributed by atoms with Gasteiger partial charge in [0.2, 0.25) is 0 Å². The minimum atomic E-state index is 0.108. The number of aldehydes is 1. The number of aliphatic hydroxyl groups excluding tert-OH is 1. The van der Waals surface area contributed by atoms with Crippen molar-refractivity contribution >= 4 is 6.29 Å². The highest BCUT2D eigenvalue weighted by molar-refractivity contribution is 5.53. The molecule has 0 aromatic rings. The van der Waals surface area contributed by atoms with E-state index in [0.29, 0.717) is 5.92 Å². The molecule has 0 spiro atoms. The third-order valence-corrected chi connectivity index (χ3v) is 2.02. The maximum Gasteiger partial charge on any atom is 0.123 e. The van der Waals surface area contributed by atoms with Gasteiger partial charge in [0.25, 0.3) is 0 Å². The zero-order valence-corrected chi connectivity index (χ0v) is 7.58. The minimum Gasteiger partial charge on any atom is -0.396 e. The summed E-state index contributed by atoms with van der Waals surface area (Å²) in [6.45, 7) is 6.20. The second-order valence-corrected chi connectivity index (χ2v) is 3.57. The van der Waals surface area contributed by atoms with E-state index in [1.54, 1.807) is 0 Å². The topological polar surface area (TPSA) is 37.3 Å². The summed E-state index contributed by atoms with van der Waals surface area (Å²) < 4.78 is 0. The third kappa shape index (κ3) is 4.14. The van der Waals surface area contributed by atoms with Crippen LogP contribution in [-0.2, 0) is 4.79 Å². The van der Waals surface area contributed by atoms with Crippen LogP contribution in [0, 0.1) is 17.8 Å². The number of hydrogen-bond acceptors (Lipinski definition) is 2. The third-order valence-electron chi connectivity index (χ3n) is 2.02. The van der Waals surface area contributed by atoms with Gasteiger partial charge in [0.05, 0.1) is 0 Å². The molecular weight excluding hydrogens is 140 g/mol. The van der Waals surface area contributed by atoms with Crippen molar-refractivity contribution in [3.63, 3.8) is 0 Å². The molecule has 0 fully saturated rings. The van der Waals surface area contributed by atoms with E-state index in [9.17, 15) is 4.79 Å². The van der Waals surface area contributed by atoms with Gasteiger partial charge in [-0.3, -0.25) is 0 Å². The van der Waals surface area contributed by atoms with Gasteiger partial charge in [0.1, 0.15) is 6.29 Å². The summed E-state index contributed by atoms with van der Waals surface area (Å²) in [6.07, 6.45) is 1.80. The molecule has 0 saturated heterocycles. The van der Waals surface area contributed by atoms with Gasteiger partial charge in [-0.25, -0.2) is 0 Å². The van der Waals surface area contributed by atoms with Crippen molar-refractivity contribution in [2.45, 2.75) is 27.2 Å². The first-order chi connectivity index (χ1) is 5.11. The Hall–Kier alpha value is -0.370. The van der Waals surface area contributed by atoms with Crippen LogP contribution in [-0.4, -0.2) is 18.0 Å². The molecule has 0 amide bonds. The van der Waals surface area contributed by atoms with Gasteiger partial charge in [-0.2, -0.15) is 0 Å². The Bertz CT molecular complexity index is 110. The monoisotopic (exact) mass is 158 g/mol.